The summed E-state index contributed by atoms with van der Waals surface area (Å²) in [6, 6.07) is 0. The summed E-state index contributed by atoms with van der Waals surface area (Å²) in [4.78, 5) is 11.0. The molecular weight excluding hydrogens is 655 g/mol. The summed E-state index contributed by atoms with van der Waals surface area (Å²) in [7, 11) is -4.63. The number of carbonyl (C=O) groups excluding carboxylic acids is 1. The Hall–Kier alpha value is -0.160. The number of rotatable bonds is 39. The van der Waals surface area contributed by atoms with E-state index in [2.05, 4.69) is 23.8 Å². The van der Waals surface area contributed by atoms with Gasteiger partial charge in [-0.3, -0.25) is 4.79 Å². The monoisotopic (exact) mass is 720 g/mol. The molecule has 0 aromatic carbocycles. The fourth-order valence-corrected chi connectivity index (χ4v) is 4.65. The zero-order chi connectivity index (χ0) is 34.4. The average Bonchev–Trinajstić information content (AvgIpc) is 3.03. The van der Waals surface area contributed by atoms with Crippen LogP contribution in [0.2, 0.25) is 0 Å². The van der Waals surface area contributed by atoms with Crippen LogP contribution in [0.5, 0.6) is 0 Å². The third-order valence-electron chi connectivity index (χ3n) is 6.82. The summed E-state index contributed by atoms with van der Waals surface area (Å²) in [5.74, 6) is -2.27. The Balaban J connectivity index is 0. The van der Waals surface area contributed by atoms with Crippen LogP contribution in [0.1, 0.15) is 96.8 Å². The first-order valence-electron chi connectivity index (χ1n) is 17.7. The number of hydrogen-bond acceptors (Lipinski definition) is 12. The number of carbonyl (C=O) groups is 1. The van der Waals surface area contributed by atoms with Gasteiger partial charge < -0.3 is 42.4 Å². The molecule has 0 aliphatic carbocycles. The van der Waals surface area contributed by atoms with Crippen LogP contribution in [0.25, 0.3) is 0 Å². The van der Waals surface area contributed by atoms with Crippen LogP contribution >= 0.6 is 0 Å². The molecule has 0 radical (unpaired) electrons. The third kappa shape index (κ3) is 45.8. The van der Waals surface area contributed by atoms with Crippen molar-refractivity contribution >= 4 is 16.1 Å². The van der Waals surface area contributed by atoms with E-state index in [1.807, 2.05) is 0 Å². The molecule has 0 rings (SSSR count). The number of hydrogen-bond donors (Lipinski definition) is 0. The molecular formula is C34H65NaO12S. The standard InChI is InChI=1S/C34H66O12S.Na/c1-2-3-4-5-6-7-8-9-10-11-12-13-14-15-16-17-18-39-19-20-40-21-22-41-23-24-42-25-26-43-27-28-44-29-30-45-31-32-46-34(35)33-47(36,37)38;/h9-10H,2-8,11-33H2,1H3,(H,36,37,38);/q;+1/p-1/b10-9+;. The van der Waals surface area contributed by atoms with Crippen LogP contribution in [0, 0.1) is 0 Å². The first kappa shape index (κ1) is 50.0. The quantitative estimate of drug-likeness (QED) is 0.0302. The minimum atomic E-state index is -4.63. The van der Waals surface area contributed by atoms with E-state index in [1.54, 1.807) is 0 Å². The normalized spacial score (nSPS) is 11.7. The molecule has 0 bridgehead atoms. The van der Waals surface area contributed by atoms with Gasteiger partial charge in [0.25, 0.3) is 0 Å². The second-order valence-electron chi connectivity index (χ2n) is 11.1. The van der Waals surface area contributed by atoms with Crippen LogP contribution in [-0.4, -0.2) is 124 Å². The van der Waals surface area contributed by atoms with Crippen molar-refractivity contribution in [2.24, 2.45) is 0 Å². The SMILES string of the molecule is CCCCCCCC/C=C/CCCCCCCCOCCOCCOCCOCCOCCOCCOCCOC(=O)CS(=O)(=O)[O-].[Na+]. The maximum Gasteiger partial charge on any atom is 1.00 e. The molecule has 0 aliphatic heterocycles. The Morgan fingerprint density at radius 3 is 1.17 bits per heavy atom. The van der Waals surface area contributed by atoms with Gasteiger partial charge in [0, 0.05) is 6.61 Å². The molecule has 0 amide bonds. The van der Waals surface area contributed by atoms with Gasteiger partial charge in [0.05, 0.1) is 85.9 Å². The summed E-state index contributed by atoms with van der Waals surface area (Å²) < 4.78 is 73.8. The topological polar surface area (TPSA) is 148 Å². The van der Waals surface area contributed by atoms with Crippen molar-refractivity contribution in [2.45, 2.75) is 96.8 Å². The average molecular weight is 721 g/mol. The predicted molar refractivity (Wildman–Crippen MR) is 181 cm³/mol. The van der Waals surface area contributed by atoms with Gasteiger partial charge in [-0.1, -0.05) is 76.9 Å². The maximum absolute atomic E-state index is 11.0. The van der Waals surface area contributed by atoms with E-state index < -0.39 is 21.8 Å². The van der Waals surface area contributed by atoms with Gasteiger partial charge in [0.15, 0.2) is 0 Å². The van der Waals surface area contributed by atoms with Crippen LogP contribution in [-0.2, 0) is 52.8 Å². The first-order valence-corrected chi connectivity index (χ1v) is 19.3. The van der Waals surface area contributed by atoms with Gasteiger partial charge in [-0.05, 0) is 32.1 Å². The second-order valence-corrected chi connectivity index (χ2v) is 12.6. The molecule has 14 heteroatoms. The van der Waals surface area contributed by atoms with E-state index in [1.165, 1.54) is 83.5 Å². The molecule has 0 aromatic rings. The van der Waals surface area contributed by atoms with E-state index in [0.29, 0.717) is 72.7 Å². The van der Waals surface area contributed by atoms with Crippen molar-refractivity contribution in [1.29, 1.82) is 0 Å². The smallest absolute Gasteiger partial charge is 0.748 e. The van der Waals surface area contributed by atoms with Crippen molar-refractivity contribution in [3.05, 3.63) is 12.2 Å². The van der Waals surface area contributed by atoms with E-state index in [9.17, 15) is 17.8 Å². The van der Waals surface area contributed by atoms with Crippen molar-refractivity contribution in [2.75, 3.05) is 105 Å². The van der Waals surface area contributed by atoms with Gasteiger partial charge in [-0.2, -0.15) is 0 Å². The maximum atomic E-state index is 11.0. The predicted octanol–water partition coefficient (Wildman–Crippen LogP) is 2.23. The molecule has 0 heterocycles. The minimum absolute atomic E-state index is 0. The Kier molecular flexibility index (Phi) is 42.9. The Morgan fingerprint density at radius 1 is 0.479 bits per heavy atom. The largest absolute Gasteiger partial charge is 1.00 e. The van der Waals surface area contributed by atoms with Crippen molar-refractivity contribution in [1.82, 2.24) is 0 Å². The van der Waals surface area contributed by atoms with Gasteiger partial charge >= 0.3 is 35.5 Å². The summed E-state index contributed by atoms with van der Waals surface area (Å²) in [5, 5.41) is 0. The van der Waals surface area contributed by atoms with E-state index >= 15 is 0 Å². The third-order valence-corrected chi connectivity index (χ3v) is 7.41. The zero-order valence-electron chi connectivity index (χ0n) is 30.2. The summed E-state index contributed by atoms with van der Waals surface area (Å²) >= 11 is 0. The minimum Gasteiger partial charge on any atom is -0.748 e. The van der Waals surface area contributed by atoms with Gasteiger partial charge in [-0.25, -0.2) is 8.42 Å². The summed E-state index contributed by atoms with van der Waals surface area (Å²) in [6.45, 7) is 8.57. The van der Waals surface area contributed by atoms with Gasteiger partial charge in [0.2, 0.25) is 0 Å². The van der Waals surface area contributed by atoms with Gasteiger partial charge in [0.1, 0.15) is 22.5 Å². The fourth-order valence-electron chi connectivity index (χ4n) is 4.27. The Labute approximate surface area is 313 Å². The molecule has 0 aromatic heterocycles. The molecule has 0 saturated heterocycles. The first-order chi connectivity index (χ1) is 23.0. The molecule has 280 valence electrons. The molecule has 12 nitrogen and oxygen atoms in total. The molecule has 0 N–H and O–H groups in total. The van der Waals surface area contributed by atoms with Crippen molar-refractivity contribution < 1.29 is 85.2 Å². The second kappa shape index (κ2) is 41.3. The molecule has 0 atom stereocenters. The number of allylic oxidation sites excluding steroid dienone is 2. The molecule has 0 fully saturated rings. The van der Waals surface area contributed by atoms with Crippen LogP contribution in [0.4, 0.5) is 0 Å². The molecule has 0 spiro atoms. The number of unbranched alkanes of at least 4 members (excludes halogenated alkanes) is 12. The zero-order valence-corrected chi connectivity index (χ0v) is 33.0. The fraction of sp³-hybridized carbons (Fsp3) is 0.912. The van der Waals surface area contributed by atoms with Crippen molar-refractivity contribution in [3.63, 3.8) is 0 Å². The number of ether oxygens (including phenoxy) is 8. The molecule has 0 aliphatic rings. The van der Waals surface area contributed by atoms with E-state index in [-0.39, 0.29) is 49.4 Å². The van der Waals surface area contributed by atoms with Crippen LogP contribution in [0.15, 0.2) is 12.2 Å². The van der Waals surface area contributed by atoms with Crippen molar-refractivity contribution in [3.8, 4) is 0 Å². The molecule has 48 heavy (non-hydrogen) atoms. The Bertz CT molecular complexity index is 786. The Morgan fingerprint density at radius 2 is 0.792 bits per heavy atom. The van der Waals surface area contributed by atoms with Crippen LogP contribution in [0.3, 0.4) is 0 Å². The molecule has 0 unspecified atom stereocenters. The van der Waals surface area contributed by atoms with E-state index in [0.717, 1.165) is 13.0 Å². The molecule has 0 saturated carbocycles. The number of esters is 1. The summed E-state index contributed by atoms with van der Waals surface area (Å²) in [6.07, 6.45) is 23.1. The van der Waals surface area contributed by atoms with E-state index in [4.69, 9.17) is 33.2 Å². The van der Waals surface area contributed by atoms with Crippen LogP contribution < -0.4 is 29.6 Å². The summed E-state index contributed by atoms with van der Waals surface area (Å²) in [5.41, 5.74) is 0. The van der Waals surface area contributed by atoms with Gasteiger partial charge in [-0.15, -0.1) is 0 Å².